The molecule has 2 rings (SSSR count). The highest BCUT2D eigenvalue weighted by molar-refractivity contribution is 5.85. The molecule has 2 aliphatic rings. The van der Waals surface area contributed by atoms with Crippen LogP contribution in [0.3, 0.4) is 0 Å². The molecule has 0 aromatic carbocycles. The van der Waals surface area contributed by atoms with Gasteiger partial charge in [-0.1, -0.05) is 6.92 Å². The van der Waals surface area contributed by atoms with Crippen molar-refractivity contribution in [3.63, 3.8) is 0 Å². The Morgan fingerprint density at radius 1 is 1.45 bits per heavy atom. The van der Waals surface area contributed by atoms with E-state index in [1.54, 1.807) is 0 Å². The molecule has 3 unspecified atom stereocenters. The van der Waals surface area contributed by atoms with Gasteiger partial charge in [-0.15, -0.1) is 24.8 Å². The molecule has 0 radical (unpaired) electrons. The van der Waals surface area contributed by atoms with Crippen LogP contribution in [0.25, 0.3) is 0 Å². The van der Waals surface area contributed by atoms with E-state index in [1.807, 2.05) is 11.9 Å². The maximum atomic E-state index is 12.2. The first-order valence-electron chi connectivity index (χ1n) is 7.02. The number of halogens is 2. The van der Waals surface area contributed by atoms with Crippen molar-refractivity contribution in [3.8, 4) is 0 Å². The molecule has 2 heterocycles. The fraction of sp³-hybridized carbons (Fsp3) is 0.923. The van der Waals surface area contributed by atoms with Gasteiger partial charge >= 0.3 is 0 Å². The Hall–Kier alpha value is -0.0700. The van der Waals surface area contributed by atoms with E-state index in [9.17, 15) is 9.90 Å². The lowest BCUT2D eigenvalue weighted by molar-refractivity contribution is -0.132. The summed E-state index contributed by atoms with van der Waals surface area (Å²) in [5.74, 6) is 0.120. The minimum absolute atomic E-state index is 0. The smallest absolute Gasteiger partial charge is 0.239 e. The number of β-amino-alcohol motifs (C(OH)–C–C–N with tert-alkyl or cyclic N) is 1. The van der Waals surface area contributed by atoms with Crippen LogP contribution in [0.5, 0.6) is 0 Å². The summed E-state index contributed by atoms with van der Waals surface area (Å²) < 4.78 is 0. The highest BCUT2D eigenvalue weighted by atomic mass is 35.5. The minimum Gasteiger partial charge on any atom is -0.392 e. The molecule has 2 fully saturated rings. The lowest BCUT2D eigenvalue weighted by Gasteiger charge is -2.29. The van der Waals surface area contributed by atoms with E-state index in [-0.39, 0.29) is 42.9 Å². The second-order valence-electron chi connectivity index (χ2n) is 5.49. The fourth-order valence-electron chi connectivity index (χ4n) is 3.10. The van der Waals surface area contributed by atoms with E-state index in [1.165, 1.54) is 12.8 Å². The van der Waals surface area contributed by atoms with Gasteiger partial charge in [0.2, 0.25) is 5.91 Å². The highest BCUT2D eigenvalue weighted by Gasteiger charge is 2.32. The van der Waals surface area contributed by atoms with E-state index >= 15 is 0 Å². The van der Waals surface area contributed by atoms with Crippen molar-refractivity contribution in [1.29, 1.82) is 0 Å². The van der Waals surface area contributed by atoms with Gasteiger partial charge in [-0.3, -0.25) is 9.69 Å². The number of carbonyl (C=O) groups excluding carboxylic acids is 1. The average molecular weight is 328 g/mol. The van der Waals surface area contributed by atoms with Crippen LogP contribution >= 0.6 is 24.8 Å². The number of aliphatic hydroxyl groups excluding tert-OH is 1. The molecule has 0 bridgehead atoms. The number of carbonyl (C=O) groups is 1. The molecule has 5 nitrogen and oxygen atoms in total. The van der Waals surface area contributed by atoms with Crippen LogP contribution in [-0.4, -0.2) is 72.2 Å². The Bertz CT molecular complexity index is 307. The van der Waals surface area contributed by atoms with Crippen LogP contribution in [0.1, 0.15) is 26.2 Å². The summed E-state index contributed by atoms with van der Waals surface area (Å²) in [6.45, 7) is 5.74. The van der Waals surface area contributed by atoms with Crippen LogP contribution < -0.4 is 5.32 Å². The van der Waals surface area contributed by atoms with E-state index < -0.39 is 0 Å². The third-order valence-corrected chi connectivity index (χ3v) is 4.17. The van der Waals surface area contributed by atoms with Crippen LogP contribution in [0.2, 0.25) is 0 Å². The van der Waals surface area contributed by atoms with Crippen molar-refractivity contribution in [2.45, 2.75) is 44.4 Å². The molecule has 1 amide bonds. The third kappa shape index (κ3) is 4.74. The van der Waals surface area contributed by atoms with Gasteiger partial charge in [0.1, 0.15) is 0 Å². The van der Waals surface area contributed by atoms with Crippen LogP contribution in [0.15, 0.2) is 0 Å². The predicted molar refractivity (Wildman–Crippen MR) is 84.8 cm³/mol. The van der Waals surface area contributed by atoms with Crippen molar-refractivity contribution in [1.82, 2.24) is 15.1 Å². The Morgan fingerprint density at radius 2 is 2.15 bits per heavy atom. The standard InChI is InChI=1S/C13H25N3O2.2ClH/c1-3-16-6-4-5-10(16)9-15(2)13(18)12-7-11(17)8-14-12;;/h10-12,14,17H,3-9H2,1-2H3;2*1H. The summed E-state index contributed by atoms with van der Waals surface area (Å²) >= 11 is 0. The van der Waals surface area contributed by atoms with Crippen LogP contribution in [0, 0.1) is 0 Å². The predicted octanol–water partition coefficient (Wildman–Crippen LogP) is 0.495. The molecule has 0 saturated carbocycles. The Morgan fingerprint density at radius 3 is 2.70 bits per heavy atom. The Labute approximate surface area is 133 Å². The van der Waals surface area contributed by atoms with Gasteiger partial charge in [-0.25, -0.2) is 0 Å². The van der Waals surface area contributed by atoms with Gasteiger partial charge in [-0.2, -0.15) is 0 Å². The molecule has 2 aliphatic heterocycles. The minimum atomic E-state index is -0.369. The quantitative estimate of drug-likeness (QED) is 0.789. The van der Waals surface area contributed by atoms with Crippen LogP contribution in [-0.2, 0) is 4.79 Å². The molecule has 2 saturated heterocycles. The van der Waals surface area contributed by atoms with E-state index in [2.05, 4.69) is 17.1 Å². The highest BCUT2D eigenvalue weighted by Crippen LogP contribution is 2.18. The molecule has 120 valence electrons. The summed E-state index contributed by atoms with van der Waals surface area (Å²) in [5.41, 5.74) is 0. The number of hydrogen-bond donors (Lipinski definition) is 2. The van der Waals surface area contributed by atoms with Crippen LogP contribution in [0.4, 0.5) is 0 Å². The number of amides is 1. The Balaban J connectivity index is 0.00000180. The molecule has 7 heteroatoms. The third-order valence-electron chi connectivity index (χ3n) is 4.17. The number of likely N-dealkylation sites (tertiary alicyclic amines) is 1. The van der Waals surface area contributed by atoms with Gasteiger partial charge in [-0.05, 0) is 32.4 Å². The summed E-state index contributed by atoms with van der Waals surface area (Å²) in [6.07, 6.45) is 2.60. The first kappa shape index (κ1) is 19.9. The molecule has 3 atom stereocenters. The zero-order valence-electron chi connectivity index (χ0n) is 12.2. The average Bonchev–Trinajstić information content (AvgIpc) is 2.96. The van der Waals surface area contributed by atoms with Gasteiger partial charge in [0.15, 0.2) is 0 Å². The van der Waals surface area contributed by atoms with Crippen molar-refractivity contribution < 1.29 is 9.90 Å². The number of likely N-dealkylation sites (N-methyl/N-ethyl adjacent to an activating group) is 2. The lowest BCUT2D eigenvalue weighted by atomic mass is 10.1. The van der Waals surface area contributed by atoms with Crippen molar-refractivity contribution >= 4 is 30.7 Å². The van der Waals surface area contributed by atoms with E-state index in [0.29, 0.717) is 19.0 Å². The normalized spacial score (nSPS) is 29.6. The molecule has 20 heavy (non-hydrogen) atoms. The summed E-state index contributed by atoms with van der Waals surface area (Å²) in [5, 5.41) is 12.5. The first-order chi connectivity index (χ1) is 8.61. The lowest BCUT2D eigenvalue weighted by Crippen LogP contribution is -2.47. The monoisotopic (exact) mass is 327 g/mol. The van der Waals surface area contributed by atoms with Crippen molar-refractivity contribution in [2.24, 2.45) is 0 Å². The van der Waals surface area contributed by atoms with E-state index in [4.69, 9.17) is 0 Å². The number of rotatable bonds is 4. The maximum absolute atomic E-state index is 12.2. The molecule has 2 N–H and O–H groups in total. The second-order valence-corrected chi connectivity index (χ2v) is 5.49. The maximum Gasteiger partial charge on any atom is 0.239 e. The molecule has 0 aliphatic carbocycles. The fourth-order valence-corrected chi connectivity index (χ4v) is 3.10. The first-order valence-corrected chi connectivity index (χ1v) is 7.02. The van der Waals surface area contributed by atoms with Gasteiger partial charge in [0, 0.05) is 26.2 Å². The molecular formula is C13H27Cl2N3O2. The SMILES string of the molecule is CCN1CCCC1CN(C)C(=O)C1CC(O)CN1.Cl.Cl. The molecular weight excluding hydrogens is 301 g/mol. The number of hydrogen-bond acceptors (Lipinski definition) is 4. The number of aliphatic hydroxyl groups is 1. The topological polar surface area (TPSA) is 55.8 Å². The van der Waals surface area contributed by atoms with Gasteiger partial charge in [0.05, 0.1) is 12.1 Å². The molecule has 0 aromatic rings. The Kier molecular flexibility index (Phi) is 9.02. The molecule has 0 aromatic heterocycles. The van der Waals surface area contributed by atoms with Gasteiger partial charge < -0.3 is 15.3 Å². The molecule has 0 spiro atoms. The van der Waals surface area contributed by atoms with Gasteiger partial charge in [0.25, 0.3) is 0 Å². The second kappa shape index (κ2) is 9.05. The summed E-state index contributed by atoms with van der Waals surface area (Å²) in [6, 6.07) is 0.316. The zero-order valence-corrected chi connectivity index (χ0v) is 13.9. The van der Waals surface area contributed by atoms with E-state index in [0.717, 1.165) is 19.6 Å². The largest absolute Gasteiger partial charge is 0.392 e. The number of nitrogens with zero attached hydrogens (tertiary/aromatic N) is 2. The summed E-state index contributed by atoms with van der Waals surface area (Å²) in [4.78, 5) is 16.5. The zero-order chi connectivity index (χ0) is 13.1. The summed E-state index contributed by atoms with van der Waals surface area (Å²) in [7, 11) is 1.88. The van der Waals surface area contributed by atoms with Crippen molar-refractivity contribution in [3.05, 3.63) is 0 Å². The number of nitrogens with one attached hydrogen (secondary N) is 1. The van der Waals surface area contributed by atoms with Crippen molar-refractivity contribution in [2.75, 3.05) is 33.2 Å².